The van der Waals surface area contributed by atoms with Gasteiger partial charge < -0.3 is 10.6 Å². The molecule has 0 aromatic carbocycles. The second-order valence-corrected chi connectivity index (χ2v) is 8.16. The Bertz CT molecular complexity index is 1250. The van der Waals surface area contributed by atoms with Crippen LogP contribution in [0.3, 0.4) is 0 Å². The minimum Gasteiger partial charge on any atom is -0.393 e. The van der Waals surface area contributed by atoms with E-state index in [9.17, 15) is 0 Å². The maximum atomic E-state index is 8.64. The molecule has 8 nitrogen and oxygen atoms in total. The zero-order valence-corrected chi connectivity index (χ0v) is 18.2. The second kappa shape index (κ2) is 8.97. The molecule has 0 bridgehead atoms. The van der Waals surface area contributed by atoms with Crippen LogP contribution in [0.15, 0.2) is 55.1 Å². The van der Waals surface area contributed by atoms with E-state index in [1.807, 2.05) is 30.3 Å². The van der Waals surface area contributed by atoms with Crippen LogP contribution in [0.5, 0.6) is 0 Å². The van der Waals surface area contributed by atoms with Crippen molar-refractivity contribution in [2.24, 2.45) is 0 Å². The molecular formula is C22H22N8S. The van der Waals surface area contributed by atoms with Gasteiger partial charge in [-0.15, -0.1) is 10.2 Å². The van der Waals surface area contributed by atoms with Gasteiger partial charge in [0.15, 0.2) is 0 Å². The average Bonchev–Trinajstić information content (AvgIpc) is 3.26. The fourth-order valence-corrected chi connectivity index (χ4v) is 3.71. The molecule has 0 aliphatic carbocycles. The van der Waals surface area contributed by atoms with E-state index < -0.39 is 0 Å². The molecule has 0 fully saturated rings. The zero-order chi connectivity index (χ0) is 21.8. The highest BCUT2D eigenvalue weighted by molar-refractivity contribution is 7.15. The molecule has 4 rings (SSSR count). The summed E-state index contributed by atoms with van der Waals surface area (Å²) >= 11 is 1.52. The summed E-state index contributed by atoms with van der Waals surface area (Å²) in [6.07, 6.45) is 6.91. The van der Waals surface area contributed by atoms with Crippen LogP contribution in [0.1, 0.15) is 35.9 Å². The van der Waals surface area contributed by atoms with Crippen molar-refractivity contribution in [1.82, 2.24) is 30.5 Å². The van der Waals surface area contributed by atoms with Crippen LogP contribution in [0.25, 0.3) is 16.6 Å². The van der Waals surface area contributed by atoms with Gasteiger partial charge in [0.25, 0.3) is 0 Å². The number of nitrogens with zero attached hydrogens (tertiary/aromatic N) is 5. The number of fused-ring (bicyclic) bond motifs is 1. The van der Waals surface area contributed by atoms with E-state index >= 15 is 0 Å². The van der Waals surface area contributed by atoms with Gasteiger partial charge in [-0.2, -0.15) is 0 Å². The fraction of sp³-hybridized carbons (Fsp3) is 0.182. The van der Waals surface area contributed by atoms with E-state index in [0.29, 0.717) is 28.2 Å². The largest absolute Gasteiger partial charge is 0.393 e. The average molecular weight is 431 g/mol. The lowest BCUT2D eigenvalue weighted by Crippen LogP contribution is -2.08. The van der Waals surface area contributed by atoms with Crippen LogP contribution < -0.4 is 10.6 Å². The molecule has 4 heterocycles. The molecule has 0 spiro atoms. The zero-order valence-electron chi connectivity index (χ0n) is 17.4. The number of rotatable bonds is 7. The molecule has 9 heteroatoms. The van der Waals surface area contributed by atoms with E-state index in [1.165, 1.54) is 11.3 Å². The Morgan fingerprint density at radius 2 is 1.97 bits per heavy atom. The Labute approximate surface area is 184 Å². The number of allylic oxidation sites excluding steroid dienone is 1. The minimum atomic E-state index is 0.330. The van der Waals surface area contributed by atoms with Gasteiger partial charge in [-0.1, -0.05) is 25.2 Å². The molecule has 0 amide bonds. The number of aromatic nitrogens is 5. The van der Waals surface area contributed by atoms with Crippen molar-refractivity contribution in [2.45, 2.75) is 19.8 Å². The number of pyridine rings is 3. The molecule has 156 valence electrons. The monoisotopic (exact) mass is 430 g/mol. The van der Waals surface area contributed by atoms with Crippen molar-refractivity contribution in [3.05, 3.63) is 71.3 Å². The highest BCUT2D eigenvalue weighted by atomic mass is 32.1. The highest BCUT2D eigenvalue weighted by Crippen LogP contribution is 2.26. The Morgan fingerprint density at radius 3 is 2.68 bits per heavy atom. The van der Waals surface area contributed by atoms with Crippen LogP contribution in [-0.4, -0.2) is 37.9 Å². The first kappa shape index (κ1) is 20.5. The molecule has 3 N–H and O–H groups in total. The van der Waals surface area contributed by atoms with Crippen LogP contribution in [-0.2, 0) is 0 Å². The first-order valence-corrected chi connectivity index (χ1v) is 10.6. The molecular weight excluding hydrogens is 408 g/mol. The summed E-state index contributed by atoms with van der Waals surface area (Å²) < 4.78 is 0. The second-order valence-electron chi connectivity index (χ2n) is 7.15. The number of nitrogens with one attached hydrogen (secondary N) is 3. The first-order chi connectivity index (χ1) is 15.0. The van der Waals surface area contributed by atoms with Crippen molar-refractivity contribution in [3.8, 4) is 0 Å². The van der Waals surface area contributed by atoms with E-state index in [4.69, 9.17) is 10.4 Å². The lowest BCUT2D eigenvalue weighted by molar-refractivity contribution is 0.825. The summed E-state index contributed by atoms with van der Waals surface area (Å²) in [6, 6.07) is 9.39. The molecule has 0 atom stereocenters. The van der Waals surface area contributed by atoms with Gasteiger partial charge in [0.05, 0.1) is 16.7 Å². The maximum absolute atomic E-state index is 8.64. The summed E-state index contributed by atoms with van der Waals surface area (Å²) in [5, 5.41) is 25.0. The van der Waals surface area contributed by atoms with Crippen molar-refractivity contribution in [2.75, 3.05) is 12.4 Å². The minimum absolute atomic E-state index is 0.330. The van der Waals surface area contributed by atoms with Crippen LogP contribution in [0.4, 0.5) is 10.9 Å². The van der Waals surface area contributed by atoms with Gasteiger partial charge in [0.2, 0.25) is 5.13 Å². The molecule has 0 saturated heterocycles. The molecule has 0 radical (unpaired) electrons. The van der Waals surface area contributed by atoms with E-state index in [1.54, 1.807) is 31.8 Å². The number of hydrogen-bond donors (Lipinski definition) is 3. The summed E-state index contributed by atoms with van der Waals surface area (Å²) in [4.78, 5) is 13.4. The van der Waals surface area contributed by atoms with Crippen molar-refractivity contribution < 1.29 is 0 Å². The topological polar surface area (TPSA) is 112 Å². The van der Waals surface area contributed by atoms with E-state index in [-0.39, 0.29) is 0 Å². The lowest BCUT2D eigenvalue weighted by Gasteiger charge is -2.11. The Hall–Kier alpha value is -3.72. The van der Waals surface area contributed by atoms with Gasteiger partial charge in [0, 0.05) is 54.5 Å². The van der Waals surface area contributed by atoms with Crippen LogP contribution in [0.2, 0.25) is 0 Å². The molecule has 0 unspecified atom stereocenters. The smallest absolute Gasteiger partial charge is 0.211 e. The van der Waals surface area contributed by atoms with Crippen molar-refractivity contribution in [3.63, 3.8) is 0 Å². The SMILES string of the molecule is CN/C=C(\C(=N)c1cccnc1)c1cnc2ccc(Nc3nnc(C(C)C)s3)nc2c1. The van der Waals surface area contributed by atoms with Crippen LogP contribution >= 0.6 is 11.3 Å². The predicted octanol–water partition coefficient (Wildman–Crippen LogP) is 4.37. The summed E-state index contributed by atoms with van der Waals surface area (Å²) in [6.45, 7) is 4.18. The molecule has 31 heavy (non-hydrogen) atoms. The summed E-state index contributed by atoms with van der Waals surface area (Å²) in [5.74, 6) is 0.997. The molecule has 4 aromatic rings. The van der Waals surface area contributed by atoms with E-state index in [2.05, 4.69) is 44.6 Å². The van der Waals surface area contributed by atoms with Crippen molar-refractivity contribution >= 4 is 44.6 Å². The third-order valence-electron chi connectivity index (χ3n) is 4.53. The predicted molar refractivity (Wildman–Crippen MR) is 125 cm³/mol. The Kier molecular flexibility index (Phi) is 5.94. The third-order valence-corrected chi connectivity index (χ3v) is 5.67. The van der Waals surface area contributed by atoms with Gasteiger partial charge in [-0.25, -0.2) is 4.98 Å². The fourth-order valence-electron chi connectivity index (χ4n) is 2.96. The number of hydrogen-bond acceptors (Lipinski definition) is 9. The standard InChI is InChI=1S/C22H22N8S/c1-13(2)21-29-30-22(31-21)28-19-7-6-17-18(27-19)9-15(11-26-17)16(12-24-3)20(23)14-5-4-8-25-10-14/h4-13,23-24H,1-3H3,(H,27,28,30)/b16-12-,23-20?. The first-order valence-electron chi connectivity index (χ1n) is 9.79. The van der Waals surface area contributed by atoms with Crippen molar-refractivity contribution in [1.29, 1.82) is 5.41 Å². The van der Waals surface area contributed by atoms with Gasteiger partial charge in [0.1, 0.15) is 10.8 Å². The Balaban J connectivity index is 1.66. The third kappa shape index (κ3) is 4.56. The number of anilines is 2. The quantitative estimate of drug-likeness (QED) is 0.373. The van der Waals surface area contributed by atoms with Gasteiger partial charge in [-0.3, -0.25) is 15.4 Å². The summed E-state index contributed by atoms with van der Waals surface area (Å²) in [7, 11) is 1.80. The molecule has 0 aliphatic rings. The normalized spacial score (nSPS) is 11.7. The van der Waals surface area contributed by atoms with Crippen LogP contribution in [0, 0.1) is 5.41 Å². The van der Waals surface area contributed by atoms with Gasteiger partial charge >= 0.3 is 0 Å². The molecule has 4 aromatic heterocycles. The lowest BCUT2D eigenvalue weighted by atomic mass is 9.98. The maximum Gasteiger partial charge on any atom is 0.211 e. The highest BCUT2D eigenvalue weighted by Gasteiger charge is 2.13. The summed E-state index contributed by atoms with van der Waals surface area (Å²) in [5.41, 5.74) is 4.06. The van der Waals surface area contributed by atoms with Gasteiger partial charge in [-0.05, 0) is 30.3 Å². The molecule has 0 saturated carbocycles. The Morgan fingerprint density at radius 1 is 1.10 bits per heavy atom. The molecule has 0 aliphatic heterocycles. The van der Waals surface area contributed by atoms with E-state index in [0.717, 1.165) is 27.2 Å².